The SMILES string of the molecule is Cl.c1ccc2c(c1)Cc1cc(C3NCc4ccccc4-n4cccc43)ccc1-2. The van der Waals surface area contributed by atoms with E-state index in [9.17, 15) is 0 Å². The second kappa shape index (κ2) is 6.66. The van der Waals surface area contributed by atoms with Gasteiger partial charge in [0.1, 0.15) is 0 Å². The third-order valence-electron chi connectivity index (χ3n) is 5.97. The van der Waals surface area contributed by atoms with Crippen molar-refractivity contribution in [3.8, 4) is 16.8 Å². The van der Waals surface area contributed by atoms with Gasteiger partial charge in [-0.25, -0.2) is 0 Å². The molecule has 0 fully saturated rings. The van der Waals surface area contributed by atoms with Crippen LogP contribution in [0, 0.1) is 0 Å². The number of hydrogen-bond acceptors (Lipinski definition) is 1. The fourth-order valence-corrected chi connectivity index (χ4v) is 4.69. The Morgan fingerprint density at radius 2 is 1.54 bits per heavy atom. The predicted octanol–water partition coefficient (Wildman–Crippen LogP) is 5.66. The molecule has 0 bridgehead atoms. The van der Waals surface area contributed by atoms with Crippen LogP contribution in [0.2, 0.25) is 0 Å². The summed E-state index contributed by atoms with van der Waals surface area (Å²) in [4.78, 5) is 0. The molecule has 3 heteroatoms. The molecule has 2 aliphatic rings. The zero-order valence-corrected chi connectivity index (χ0v) is 16.2. The van der Waals surface area contributed by atoms with Crippen LogP contribution in [0.3, 0.4) is 0 Å². The normalized spacial score (nSPS) is 16.2. The van der Waals surface area contributed by atoms with Gasteiger partial charge in [-0.05, 0) is 58.0 Å². The standard InChI is InChI=1S/C25H20N2.ClH/c1-3-8-21-17(6-1)14-20-15-18(11-12-22(20)21)25-24-10-5-13-27(24)23-9-4-2-7-19(23)16-26-25;/h1-13,15,25-26H,14,16H2;1H. The molecule has 1 unspecified atom stereocenters. The Bertz CT molecular complexity index is 1170. The number of para-hydroxylation sites is 1. The van der Waals surface area contributed by atoms with Gasteiger partial charge in [-0.2, -0.15) is 0 Å². The Hall–Kier alpha value is -2.81. The van der Waals surface area contributed by atoms with Gasteiger partial charge in [-0.15, -0.1) is 12.4 Å². The molecule has 1 atom stereocenters. The van der Waals surface area contributed by atoms with Gasteiger partial charge >= 0.3 is 0 Å². The number of aromatic nitrogens is 1. The lowest BCUT2D eigenvalue weighted by molar-refractivity contribution is 0.600. The molecule has 138 valence electrons. The monoisotopic (exact) mass is 384 g/mol. The van der Waals surface area contributed by atoms with Crippen molar-refractivity contribution in [3.05, 3.63) is 113 Å². The lowest BCUT2D eigenvalue weighted by Crippen LogP contribution is -2.21. The summed E-state index contributed by atoms with van der Waals surface area (Å²) in [6.45, 7) is 0.875. The molecule has 4 aromatic rings. The van der Waals surface area contributed by atoms with Crippen LogP contribution in [0.1, 0.15) is 34.0 Å². The molecule has 0 spiro atoms. The van der Waals surface area contributed by atoms with E-state index in [-0.39, 0.29) is 18.4 Å². The maximum Gasteiger partial charge on any atom is 0.0737 e. The number of rotatable bonds is 1. The van der Waals surface area contributed by atoms with E-state index >= 15 is 0 Å². The zero-order valence-electron chi connectivity index (χ0n) is 15.4. The van der Waals surface area contributed by atoms with Crippen molar-refractivity contribution in [2.24, 2.45) is 0 Å². The zero-order chi connectivity index (χ0) is 17.8. The van der Waals surface area contributed by atoms with Crippen LogP contribution in [0.15, 0.2) is 85.1 Å². The van der Waals surface area contributed by atoms with Gasteiger partial charge in [0.2, 0.25) is 0 Å². The van der Waals surface area contributed by atoms with Crippen molar-refractivity contribution in [1.82, 2.24) is 9.88 Å². The first-order valence-corrected chi connectivity index (χ1v) is 9.58. The predicted molar refractivity (Wildman–Crippen MR) is 116 cm³/mol. The average molecular weight is 385 g/mol. The number of nitrogens with zero attached hydrogens (tertiary/aromatic N) is 1. The Labute approximate surface area is 171 Å². The van der Waals surface area contributed by atoms with Gasteiger partial charge in [0, 0.05) is 24.1 Å². The summed E-state index contributed by atoms with van der Waals surface area (Å²) >= 11 is 0. The van der Waals surface area contributed by atoms with Crippen LogP contribution < -0.4 is 5.32 Å². The number of fused-ring (bicyclic) bond motifs is 6. The molecule has 0 saturated carbocycles. The van der Waals surface area contributed by atoms with Gasteiger partial charge in [-0.1, -0.05) is 60.7 Å². The van der Waals surface area contributed by atoms with Crippen LogP contribution in [0.5, 0.6) is 0 Å². The van der Waals surface area contributed by atoms with Crippen LogP contribution in [0.25, 0.3) is 16.8 Å². The molecule has 1 aliphatic carbocycles. The highest BCUT2D eigenvalue weighted by atomic mass is 35.5. The molecule has 28 heavy (non-hydrogen) atoms. The largest absolute Gasteiger partial charge is 0.319 e. The van der Waals surface area contributed by atoms with E-state index in [1.807, 2.05) is 0 Å². The highest BCUT2D eigenvalue weighted by Gasteiger charge is 2.25. The molecule has 1 aliphatic heterocycles. The summed E-state index contributed by atoms with van der Waals surface area (Å²) in [5.74, 6) is 0. The lowest BCUT2D eigenvalue weighted by atomic mass is 9.97. The highest BCUT2D eigenvalue weighted by molar-refractivity contribution is 5.85. The maximum absolute atomic E-state index is 3.79. The highest BCUT2D eigenvalue weighted by Crippen LogP contribution is 2.39. The first-order chi connectivity index (χ1) is 13.4. The van der Waals surface area contributed by atoms with E-state index in [2.05, 4.69) is 94.9 Å². The van der Waals surface area contributed by atoms with Gasteiger partial charge in [0.15, 0.2) is 0 Å². The van der Waals surface area contributed by atoms with Crippen molar-refractivity contribution in [3.63, 3.8) is 0 Å². The molecule has 2 nitrogen and oxygen atoms in total. The maximum atomic E-state index is 3.79. The minimum atomic E-state index is 0. The van der Waals surface area contributed by atoms with Crippen molar-refractivity contribution in [2.45, 2.75) is 19.0 Å². The first kappa shape index (κ1) is 17.3. The Morgan fingerprint density at radius 3 is 2.46 bits per heavy atom. The summed E-state index contributed by atoms with van der Waals surface area (Å²) in [7, 11) is 0. The summed E-state index contributed by atoms with van der Waals surface area (Å²) in [5, 5.41) is 3.79. The van der Waals surface area contributed by atoms with E-state index in [4.69, 9.17) is 0 Å². The third-order valence-corrected chi connectivity index (χ3v) is 5.97. The van der Waals surface area contributed by atoms with Crippen LogP contribution in [-0.2, 0) is 13.0 Å². The summed E-state index contributed by atoms with van der Waals surface area (Å²) in [5.41, 5.74) is 10.9. The molecule has 3 aromatic carbocycles. The molecular formula is C25H21ClN2. The van der Waals surface area contributed by atoms with E-state index < -0.39 is 0 Å². The van der Waals surface area contributed by atoms with Crippen LogP contribution in [-0.4, -0.2) is 4.57 Å². The molecule has 6 rings (SSSR count). The Morgan fingerprint density at radius 1 is 0.750 bits per heavy atom. The number of hydrogen-bond donors (Lipinski definition) is 1. The quantitative estimate of drug-likeness (QED) is 0.394. The molecule has 1 N–H and O–H groups in total. The van der Waals surface area contributed by atoms with E-state index in [1.54, 1.807) is 0 Å². The van der Waals surface area contributed by atoms with Gasteiger partial charge in [0.05, 0.1) is 6.04 Å². The number of benzene rings is 3. The lowest BCUT2D eigenvalue weighted by Gasteiger charge is -2.19. The Balaban J connectivity index is 0.00000171. The average Bonchev–Trinajstić information content (AvgIpc) is 3.29. The second-order valence-electron chi connectivity index (χ2n) is 7.50. The number of nitrogens with one attached hydrogen (secondary N) is 1. The second-order valence-corrected chi connectivity index (χ2v) is 7.50. The van der Waals surface area contributed by atoms with Crippen molar-refractivity contribution in [1.29, 1.82) is 0 Å². The molecule has 2 heterocycles. The van der Waals surface area contributed by atoms with Crippen molar-refractivity contribution < 1.29 is 0 Å². The smallest absolute Gasteiger partial charge is 0.0737 e. The molecule has 1 aromatic heterocycles. The van der Waals surface area contributed by atoms with Gasteiger partial charge < -0.3 is 9.88 Å². The Kier molecular flexibility index (Phi) is 4.12. The fraction of sp³-hybridized carbons (Fsp3) is 0.120. The molecular weight excluding hydrogens is 364 g/mol. The summed E-state index contributed by atoms with van der Waals surface area (Å²) in [6, 6.07) is 29.0. The molecule has 0 saturated heterocycles. The van der Waals surface area contributed by atoms with Crippen LogP contribution in [0.4, 0.5) is 0 Å². The minimum absolute atomic E-state index is 0. The van der Waals surface area contributed by atoms with E-state index in [0.29, 0.717) is 0 Å². The number of halogens is 1. The summed E-state index contributed by atoms with van der Waals surface area (Å²) in [6.07, 6.45) is 3.21. The summed E-state index contributed by atoms with van der Waals surface area (Å²) < 4.78 is 2.34. The topological polar surface area (TPSA) is 17.0 Å². The van der Waals surface area contributed by atoms with Crippen LogP contribution >= 0.6 is 12.4 Å². The van der Waals surface area contributed by atoms with Crippen molar-refractivity contribution >= 4 is 12.4 Å². The van der Waals surface area contributed by atoms with E-state index in [1.165, 1.54) is 44.8 Å². The van der Waals surface area contributed by atoms with Gasteiger partial charge in [0.25, 0.3) is 0 Å². The minimum Gasteiger partial charge on any atom is -0.319 e. The third kappa shape index (κ3) is 2.53. The van der Waals surface area contributed by atoms with E-state index in [0.717, 1.165) is 13.0 Å². The molecule has 0 amide bonds. The fourth-order valence-electron chi connectivity index (χ4n) is 4.69. The van der Waals surface area contributed by atoms with Crippen molar-refractivity contribution in [2.75, 3.05) is 0 Å². The first-order valence-electron chi connectivity index (χ1n) is 9.58. The molecule has 0 radical (unpaired) electrons. The van der Waals surface area contributed by atoms with Gasteiger partial charge in [-0.3, -0.25) is 0 Å².